The van der Waals surface area contributed by atoms with E-state index in [4.69, 9.17) is 0 Å². The number of hydrogen-bond acceptors (Lipinski definition) is 3. The summed E-state index contributed by atoms with van der Waals surface area (Å²) < 4.78 is 25.7. The van der Waals surface area contributed by atoms with Crippen molar-refractivity contribution in [2.45, 2.75) is 24.7 Å². The SMILES string of the molecule is Cc1ccc(N2CCCC2)cc1S(=O)(=O)N(C)C. The van der Waals surface area contributed by atoms with Crippen molar-refractivity contribution in [3.8, 4) is 0 Å². The molecule has 1 aliphatic rings. The highest BCUT2D eigenvalue weighted by Gasteiger charge is 2.21. The molecular formula is C13H20N2O2S. The first kappa shape index (κ1) is 13.4. The third-order valence-electron chi connectivity index (χ3n) is 3.40. The molecule has 0 unspecified atom stereocenters. The lowest BCUT2D eigenvalue weighted by Crippen LogP contribution is -2.24. The van der Waals surface area contributed by atoms with Crippen LogP contribution in [0.5, 0.6) is 0 Å². The molecule has 0 spiro atoms. The Morgan fingerprint density at radius 1 is 1.17 bits per heavy atom. The molecule has 0 radical (unpaired) electrons. The second-order valence-corrected chi connectivity index (χ2v) is 7.05. The van der Waals surface area contributed by atoms with E-state index in [1.807, 2.05) is 19.1 Å². The van der Waals surface area contributed by atoms with Gasteiger partial charge in [0.1, 0.15) is 0 Å². The first-order chi connectivity index (χ1) is 8.43. The molecule has 1 aromatic carbocycles. The van der Waals surface area contributed by atoms with Crippen molar-refractivity contribution in [2.75, 3.05) is 32.1 Å². The lowest BCUT2D eigenvalue weighted by Gasteiger charge is -2.20. The molecule has 18 heavy (non-hydrogen) atoms. The summed E-state index contributed by atoms with van der Waals surface area (Å²) in [6, 6.07) is 5.70. The number of hydrogen-bond donors (Lipinski definition) is 0. The molecule has 4 nitrogen and oxygen atoms in total. The fourth-order valence-corrected chi connectivity index (χ4v) is 3.37. The summed E-state index contributed by atoms with van der Waals surface area (Å²) in [6.07, 6.45) is 2.37. The monoisotopic (exact) mass is 268 g/mol. The van der Waals surface area contributed by atoms with Crippen LogP contribution >= 0.6 is 0 Å². The molecule has 0 N–H and O–H groups in total. The van der Waals surface area contributed by atoms with Gasteiger partial charge in [-0.25, -0.2) is 12.7 Å². The second-order valence-electron chi connectivity index (χ2n) is 4.93. The smallest absolute Gasteiger partial charge is 0.242 e. The van der Waals surface area contributed by atoms with E-state index in [-0.39, 0.29) is 0 Å². The minimum atomic E-state index is -3.35. The van der Waals surface area contributed by atoms with E-state index in [1.165, 1.54) is 17.1 Å². The summed E-state index contributed by atoms with van der Waals surface area (Å²) in [7, 11) is -0.219. The van der Waals surface area contributed by atoms with E-state index in [1.54, 1.807) is 20.2 Å². The highest BCUT2D eigenvalue weighted by atomic mass is 32.2. The van der Waals surface area contributed by atoms with Gasteiger partial charge in [-0.15, -0.1) is 0 Å². The highest BCUT2D eigenvalue weighted by molar-refractivity contribution is 7.89. The van der Waals surface area contributed by atoms with Crippen LogP contribution in [0.4, 0.5) is 5.69 Å². The topological polar surface area (TPSA) is 40.6 Å². The number of sulfonamides is 1. The first-order valence-corrected chi connectivity index (χ1v) is 7.65. The Morgan fingerprint density at radius 3 is 2.33 bits per heavy atom. The average Bonchev–Trinajstić information content (AvgIpc) is 2.82. The van der Waals surface area contributed by atoms with Crippen LogP contribution in [-0.2, 0) is 10.0 Å². The fraction of sp³-hybridized carbons (Fsp3) is 0.538. The zero-order chi connectivity index (χ0) is 13.3. The largest absolute Gasteiger partial charge is 0.371 e. The molecular weight excluding hydrogens is 248 g/mol. The van der Waals surface area contributed by atoms with Gasteiger partial charge in [0.25, 0.3) is 0 Å². The highest BCUT2D eigenvalue weighted by Crippen LogP contribution is 2.26. The van der Waals surface area contributed by atoms with E-state index in [0.29, 0.717) is 4.90 Å². The number of nitrogens with zero attached hydrogens (tertiary/aromatic N) is 2. The predicted molar refractivity (Wildman–Crippen MR) is 73.5 cm³/mol. The number of rotatable bonds is 3. The second kappa shape index (κ2) is 4.90. The van der Waals surface area contributed by atoms with Crippen LogP contribution in [0.1, 0.15) is 18.4 Å². The Hall–Kier alpha value is -1.07. The van der Waals surface area contributed by atoms with Gasteiger partial charge in [0, 0.05) is 32.9 Å². The van der Waals surface area contributed by atoms with Crippen molar-refractivity contribution >= 4 is 15.7 Å². The summed E-state index contributed by atoms with van der Waals surface area (Å²) in [5.41, 5.74) is 1.81. The van der Waals surface area contributed by atoms with Gasteiger partial charge in [0.05, 0.1) is 4.90 Å². The fourth-order valence-electron chi connectivity index (χ4n) is 2.24. The number of benzene rings is 1. The molecule has 0 amide bonds. The molecule has 1 heterocycles. The number of aryl methyl sites for hydroxylation is 1. The van der Waals surface area contributed by atoms with Crippen LogP contribution in [0.25, 0.3) is 0 Å². The molecule has 1 fully saturated rings. The van der Waals surface area contributed by atoms with Gasteiger partial charge in [0.15, 0.2) is 0 Å². The molecule has 0 aromatic heterocycles. The van der Waals surface area contributed by atoms with Crippen LogP contribution in [0.15, 0.2) is 23.1 Å². The Balaban J connectivity index is 2.44. The van der Waals surface area contributed by atoms with Gasteiger partial charge < -0.3 is 4.90 Å². The van der Waals surface area contributed by atoms with Crippen molar-refractivity contribution < 1.29 is 8.42 Å². The van der Waals surface area contributed by atoms with Crippen LogP contribution in [-0.4, -0.2) is 39.9 Å². The molecule has 0 saturated carbocycles. The van der Waals surface area contributed by atoms with Crippen molar-refractivity contribution in [3.05, 3.63) is 23.8 Å². The first-order valence-electron chi connectivity index (χ1n) is 6.21. The van der Waals surface area contributed by atoms with E-state index in [0.717, 1.165) is 24.3 Å². The third kappa shape index (κ3) is 2.37. The maximum Gasteiger partial charge on any atom is 0.242 e. The van der Waals surface area contributed by atoms with Gasteiger partial charge in [-0.2, -0.15) is 0 Å². The zero-order valence-electron chi connectivity index (χ0n) is 11.2. The number of anilines is 1. The summed E-state index contributed by atoms with van der Waals surface area (Å²) in [5, 5.41) is 0. The molecule has 0 bridgehead atoms. The zero-order valence-corrected chi connectivity index (χ0v) is 12.0. The molecule has 2 rings (SSSR count). The van der Waals surface area contributed by atoms with E-state index < -0.39 is 10.0 Å². The van der Waals surface area contributed by atoms with Gasteiger partial charge in [0.2, 0.25) is 10.0 Å². The lowest BCUT2D eigenvalue weighted by atomic mass is 10.2. The molecule has 1 aliphatic heterocycles. The van der Waals surface area contributed by atoms with E-state index >= 15 is 0 Å². The Labute approximate surface area is 109 Å². The molecule has 1 aromatic rings. The Kier molecular flexibility index (Phi) is 3.64. The molecule has 5 heteroatoms. The van der Waals surface area contributed by atoms with Gasteiger partial charge in [-0.3, -0.25) is 0 Å². The predicted octanol–water partition coefficient (Wildman–Crippen LogP) is 1.85. The van der Waals surface area contributed by atoms with Crippen LogP contribution in [0.3, 0.4) is 0 Å². The maximum atomic E-state index is 12.2. The third-order valence-corrected chi connectivity index (χ3v) is 5.36. The summed E-state index contributed by atoms with van der Waals surface area (Å²) >= 11 is 0. The van der Waals surface area contributed by atoms with Crippen molar-refractivity contribution in [1.82, 2.24) is 4.31 Å². The Morgan fingerprint density at radius 2 is 1.78 bits per heavy atom. The molecule has 0 atom stereocenters. The van der Waals surface area contributed by atoms with Gasteiger partial charge in [-0.05, 0) is 37.5 Å². The van der Waals surface area contributed by atoms with E-state index in [2.05, 4.69) is 4.90 Å². The summed E-state index contributed by atoms with van der Waals surface area (Å²) in [5.74, 6) is 0. The van der Waals surface area contributed by atoms with Crippen molar-refractivity contribution in [3.63, 3.8) is 0 Å². The molecule has 100 valence electrons. The van der Waals surface area contributed by atoms with E-state index in [9.17, 15) is 8.42 Å². The standard InChI is InChI=1S/C13H20N2O2S/c1-11-6-7-12(15-8-4-5-9-15)10-13(11)18(16,17)14(2)3/h6-7,10H,4-5,8-9H2,1-3H3. The van der Waals surface area contributed by atoms with Crippen LogP contribution in [0.2, 0.25) is 0 Å². The van der Waals surface area contributed by atoms with Gasteiger partial charge in [-0.1, -0.05) is 6.07 Å². The Bertz CT molecular complexity index is 532. The summed E-state index contributed by atoms with van der Waals surface area (Å²) in [6.45, 7) is 3.87. The van der Waals surface area contributed by atoms with Crippen molar-refractivity contribution in [2.24, 2.45) is 0 Å². The summed E-state index contributed by atoms with van der Waals surface area (Å²) in [4.78, 5) is 2.66. The minimum absolute atomic E-state index is 0.414. The average molecular weight is 268 g/mol. The van der Waals surface area contributed by atoms with Crippen LogP contribution < -0.4 is 4.90 Å². The lowest BCUT2D eigenvalue weighted by molar-refractivity contribution is 0.520. The van der Waals surface area contributed by atoms with Gasteiger partial charge >= 0.3 is 0 Å². The normalized spacial score (nSPS) is 16.6. The minimum Gasteiger partial charge on any atom is -0.371 e. The maximum absolute atomic E-state index is 12.2. The molecule has 0 aliphatic carbocycles. The van der Waals surface area contributed by atoms with Crippen molar-refractivity contribution in [1.29, 1.82) is 0 Å². The van der Waals surface area contributed by atoms with Crippen LogP contribution in [0, 0.1) is 6.92 Å². The molecule has 1 saturated heterocycles. The quantitative estimate of drug-likeness (QED) is 0.840.